The summed E-state index contributed by atoms with van der Waals surface area (Å²) in [6.07, 6.45) is 0.520. The van der Waals surface area contributed by atoms with Gasteiger partial charge in [0.25, 0.3) is 0 Å². The number of anilines is 1. The number of aryl methyl sites for hydroxylation is 1. The van der Waals surface area contributed by atoms with E-state index in [-0.39, 0.29) is 0 Å². The summed E-state index contributed by atoms with van der Waals surface area (Å²) in [7, 11) is 1.69. The normalized spacial score (nSPS) is 12.8. The number of hydrogen-bond donors (Lipinski definition) is 2. The molecule has 1 aromatic rings. The van der Waals surface area contributed by atoms with E-state index in [4.69, 9.17) is 10.8 Å². The van der Waals surface area contributed by atoms with E-state index in [1.807, 2.05) is 6.92 Å². The summed E-state index contributed by atoms with van der Waals surface area (Å²) >= 11 is 0. The molecule has 1 unspecified atom stereocenters. The van der Waals surface area contributed by atoms with Crippen LogP contribution in [0.1, 0.15) is 25.0 Å². The van der Waals surface area contributed by atoms with Gasteiger partial charge in [-0.15, -0.1) is 0 Å². The van der Waals surface area contributed by atoms with E-state index < -0.39 is 11.9 Å². The van der Waals surface area contributed by atoms with Crippen LogP contribution in [-0.2, 0) is 11.8 Å². The Morgan fingerprint density at radius 3 is 2.77 bits per heavy atom. The zero-order valence-corrected chi connectivity index (χ0v) is 7.69. The lowest BCUT2D eigenvalue weighted by atomic mass is 10.0. The Morgan fingerprint density at radius 1 is 1.85 bits per heavy atom. The van der Waals surface area contributed by atoms with Crippen LogP contribution in [-0.4, -0.2) is 20.9 Å². The van der Waals surface area contributed by atoms with E-state index in [9.17, 15) is 4.79 Å². The molecule has 1 heterocycles. The van der Waals surface area contributed by atoms with Crippen LogP contribution in [0.3, 0.4) is 0 Å². The lowest BCUT2D eigenvalue weighted by Crippen LogP contribution is -2.11. The van der Waals surface area contributed by atoms with Gasteiger partial charge in [-0.2, -0.15) is 5.10 Å². The number of aromatic nitrogens is 2. The van der Waals surface area contributed by atoms with E-state index in [0.717, 1.165) is 0 Å². The first-order chi connectivity index (χ1) is 6.06. The van der Waals surface area contributed by atoms with Crippen molar-refractivity contribution >= 4 is 11.8 Å². The van der Waals surface area contributed by atoms with Crippen molar-refractivity contribution in [2.75, 3.05) is 5.73 Å². The van der Waals surface area contributed by atoms with Crippen molar-refractivity contribution in [2.45, 2.75) is 19.3 Å². The van der Waals surface area contributed by atoms with Crippen molar-refractivity contribution in [3.8, 4) is 0 Å². The minimum atomic E-state index is -0.861. The molecule has 3 N–H and O–H groups in total. The highest BCUT2D eigenvalue weighted by Gasteiger charge is 2.20. The molecule has 5 nitrogen and oxygen atoms in total. The maximum Gasteiger partial charge on any atom is 0.312 e. The third kappa shape index (κ3) is 1.80. The Bertz CT molecular complexity index is 300. The van der Waals surface area contributed by atoms with Crippen LogP contribution >= 0.6 is 0 Å². The zero-order chi connectivity index (χ0) is 10.0. The molecule has 13 heavy (non-hydrogen) atoms. The third-order valence-electron chi connectivity index (χ3n) is 2.00. The Balaban J connectivity index is 2.98. The highest BCUT2D eigenvalue weighted by Crippen LogP contribution is 2.19. The summed E-state index contributed by atoms with van der Waals surface area (Å²) in [5, 5.41) is 12.9. The molecule has 1 rings (SSSR count). The van der Waals surface area contributed by atoms with Crippen LogP contribution in [0.15, 0.2) is 6.07 Å². The molecule has 1 aromatic heterocycles. The van der Waals surface area contributed by atoms with Gasteiger partial charge in [0.15, 0.2) is 0 Å². The van der Waals surface area contributed by atoms with E-state index in [1.54, 1.807) is 13.1 Å². The van der Waals surface area contributed by atoms with Crippen molar-refractivity contribution in [1.82, 2.24) is 9.78 Å². The van der Waals surface area contributed by atoms with Crippen LogP contribution in [0.25, 0.3) is 0 Å². The van der Waals surface area contributed by atoms with E-state index in [1.165, 1.54) is 4.68 Å². The number of nitrogen functional groups attached to an aromatic ring is 1. The number of rotatable bonds is 3. The molecule has 1 atom stereocenters. The number of aliphatic carboxylic acids is 1. The predicted octanol–water partition coefficient (Wildman–Crippen LogP) is 0.580. The Morgan fingerprint density at radius 2 is 2.46 bits per heavy atom. The maximum absolute atomic E-state index is 10.8. The van der Waals surface area contributed by atoms with Gasteiger partial charge in [-0.1, -0.05) is 6.92 Å². The average molecular weight is 183 g/mol. The number of carboxylic acids is 1. The molecule has 0 amide bonds. The topological polar surface area (TPSA) is 81.1 Å². The first-order valence-corrected chi connectivity index (χ1v) is 4.08. The summed E-state index contributed by atoms with van der Waals surface area (Å²) in [5.41, 5.74) is 6.06. The molecule has 0 radical (unpaired) electrons. The fourth-order valence-corrected chi connectivity index (χ4v) is 1.19. The van der Waals surface area contributed by atoms with Gasteiger partial charge in [0.2, 0.25) is 0 Å². The minimum Gasteiger partial charge on any atom is -0.481 e. The Labute approximate surface area is 76.2 Å². The zero-order valence-electron chi connectivity index (χ0n) is 7.69. The molecule has 0 aliphatic rings. The standard InChI is InChI=1S/C8H13N3O2/c1-3-5(8(12)13)6-4-7(9)11(2)10-6/h4-5H,3,9H2,1-2H3,(H,12,13). The molecular weight excluding hydrogens is 170 g/mol. The summed E-state index contributed by atoms with van der Waals surface area (Å²) in [4.78, 5) is 10.8. The van der Waals surface area contributed by atoms with E-state index in [0.29, 0.717) is 17.9 Å². The molecule has 0 saturated heterocycles. The molecule has 0 aliphatic carbocycles. The van der Waals surface area contributed by atoms with Crippen molar-refractivity contribution in [2.24, 2.45) is 7.05 Å². The van der Waals surface area contributed by atoms with Gasteiger partial charge in [0.05, 0.1) is 5.69 Å². The van der Waals surface area contributed by atoms with Gasteiger partial charge in [-0.3, -0.25) is 9.48 Å². The van der Waals surface area contributed by atoms with Crippen molar-refractivity contribution in [1.29, 1.82) is 0 Å². The van der Waals surface area contributed by atoms with Gasteiger partial charge in [0.1, 0.15) is 11.7 Å². The molecule has 72 valence electrons. The third-order valence-corrected chi connectivity index (χ3v) is 2.00. The number of nitrogens with zero attached hydrogens (tertiary/aromatic N) is 2. The summed E-state index contributed by atoms with van der Waals surface area (Å²) in [5.74, 6) is -0.932. The molecule has 0 bridgehead atoms. The summed E-state index contributed by atoms with van der Waals surface area (Å²) in [6, 6.07) is 1.60. The van der Waals surface area contributed by atoms with Crippen molar-refractivity contribution in [3.05, 3.63) is 11.8 Å². The number of carbonyl (C=O) groups is 1. The maximum atomic E-state index is 10.8. The molecule has 5 heteroatoms. The quantitative estimate of drug-likeness (QED) is 0.718. The first-order valence-electron chi connectivity index (χ1n) is 4.08. The van der Waals surface area contributed by atoms with Crippen LogP contribution in [0.5, 0.6) is 0 Å². The molecule has 0 fully saturated rings. The lowest BCUT2D eigenvalue weighted by Gasteiger charge is -2.04. The monoisotopic (exact) mass is 183 g/mol. The van der Waals surface area contributed by atoms with Crippen LogP contribution in [0.4, 0.5) is 5.82 Å². The number of carboxylic acid groups (broad SMARTS) is 1. The van der Waals surface area contributed by atoms with Gasteiger partial charge in [-0.05, 0) is 6.42 Å². The highest BCUT2D eigenvalue weighted by molar-refractivity contribution is 5.75. The second kappa shape index (κ2) is 3.47. The number of nitrogens with two attached hydrogens (primary N) is 1. The smallest absolute Gasteiger partial charge is 0.312 e. The fraction of sp³-hybridized carbons (Fsp3) is 0.500. The molecular formula is C8H13N3O2. The SMILES string of the molecule is CCC(C(=O)O)c1cc(N)n(C)n1. The fourth-order valence-electron chi connectivity index (χ4n) is 1.19. The predicted molar refractivity (Wildman–Crippen MR) is 48.3 cm³/mol. The van der Waals surface area contributed by atoms with Gasteiger partial charge in [-0.25, -0.2) is 0 Å². The number of hydrogen-bond acceptors (Lipinski definition) is 3. The summed E-state index contributed by atoms with van der Waals surface area (Å²) in [6.45, 7) is 1.81. The van der Waals surface area contributed by atoms with E-state index in [2.05, 4.69) is 5.10 Å². The highest BCUT2D eigenvalue weighted by atomic mass is 16.4. The van der Waals surface area contributed by atoms with Gasteiger partial charge < -0.3 is 10.8 Å². The van der Waals surface area contributed by atoms with Crippen LogP contribution < -0.4 is 5.73 Å². The van der Waals surface area contributed by atoms with Crippen molar-refractivity contribution in [3.63, 3.8) is 0 Å². The van der Waals surface area contributed by atoms with Crippen molar-refractivity contribution < 1.29 is 9.90 Å². The second-order valence-electron chi connectivity index (χ2n) is 2.92. The molecule has 0 spiro atoms. The van der Waals surface area contributed by atoms with Gasteiger partial charge >= 0.3 is 5.97 Å². The Kier molecular flexibility index (Phi) is 2.55. The largest absolute Gasteiger partial charge is 0.481 e. The van der Waals surface area contributed by atoms with E-state index >= 15 is 0 Å². The van der Waals surface area contributed by atoms with Crippen LogP contribution in [0.2, 0.25) is 0 Å². The van der Waals surface area contributed by atoms with Gasteiger partial charge in [0, 0.05) is 13.1 Å². The molecule has 0 aliphatic heterocycles. The minimum absolute atomic E-state index is 0.481. The Hall–Kier alpha value is -1.52. The molecule has 0 aromatic carbocycles. The van der Waals surface area contributed by atoms with Crippen LogP contribution in [0, 0.1) is 0 Å². The summed E-state index contributed by atoms with van der Waals surface area (Å²) < 4.78 is 1.47. The first kappa shape index (κ1) is 9.57. The average Bonchev–Trinajstić information content (AvgIpc) is 2.32. The molecule has 0 saturated carbocycles. The second-order valence-corrected chi connectivity index (χ2v) is 2.92. The lowest BCUT2D eigenvalue weighted by molar-refractivity contribution is -0.138.